The molecule has 152 valence electrons. The van der Waals surface area contributed by atoms with Crippen molar-refractivity contribution in [3.8, 4) is 11.4 Å². The monoisotopic (exact) mass is 434 g/mol. The average molecular weight is 435 g/mol. The Bertz CT molecular complexity index is 1100. The molecular weight excluding hydrogens is 416 g/mol. The highest BCUT2D eigenvalue weighted by Gasteiger charge is 2.29. The Morgan fingerprint density at radius 1 is 1.21 bits per heavy atom. The van der Waals surface area contributed by atoms with Gasteiger partial charge in [-0.2, -0.15) is 4.98 Å². The number of halogens is 1. The minimum Gasteiger partial charge on any atom is -0.345 e. The molecule has 3 aromatic rings. The summed E-state index contributed by atoms with van der Waals surface area (Å²) >= 11 is 5.97. The number of anilines is 1. The summed E-state index contributed by atoms with van der Waals surface area (Å²) in [5.74, 6) is 0.0903. The van der Waals surface area contributed by atoms with Crippen molar-refractivity contribution in [3.05, 3.63) is 65.5 Å². The molecule has 0 fully saturated rings. The van der Waals surface area contributed by atoms with E-state index in [0.29, 0.717) is 16.5 Å². The van der Waals surface area contributed by atoms with Crippen LogP contribution in [0.5, 0.6) is 0 Å². The van der Waals surface area contributed by atoms with Crippen molar-refractivity contribution in [1.82, 2.24) is 15.5 Å². The minimum atomic E-state index is -3.73. The fourth-order valence-corrected chi connectivity index (χ4v) is 4.11. The van der Waals surface area contributed by atoms with E-state index in [0.717, 1.165) is 16.1 Å². The van der Waals surface area contributed by atoms with Gasteiger partial charge < -0.3 is 9.84 Å². The van der Waals surface area contributed by atoms with Crippen LogP contribution in [0.25, 0.3) is 11.4 Å². The Kier molecular flexibility index (Phi) is 6.19. The molecule has 1 atom stereocenters. The molecule has 0 aliphatic rings. The quantitative estimate of drug-likeness (QED) is 0.613. The standard InChI is InChI=1S/C19H19ClN4O4S/c1-13(24(29(2,26)27)16-10-6-9-15(20)11-16)19(25)21-12-17-22-18(23-28-17)14-7-4-3-5-8-14/h3-11,13H,12H2,1-2H3,(H,21,25)/t13-/m1/s1. The molecule has 8 nitrogen and oxygen atoms in total. The zero-order valence-electron chi connectivity index (χ0n) is 15.7. The fourth-order valence-electron chi connectivity index (χ4n) is 2.76. The molecule has 0 aliphatic heterocycles. The van der Waals surface area contributed by atoms with Crippen molar-refractivity contribution in [3.63, 3.8) is 0 Å². The minimum absolute atomic E-state index is 0.0316. The fraction of sp³-hybridized carbons (Fsp3) is 0.211. The summed E-state index contributed by atoms with van der Waals surface area (Å²) < 4.78 is 30.7. The van der Waals surface area contributed by atoms with Gasteiger partial charge in [-0.1, -0.05) is 53.2 Å². The topological polar surface area (TPSA) is 105 Å². The second-order valence-corrected chi connectivity index (χ2v) is 8.61. The SMILES string of the molecule is C[C@H](C(=O)NCc1nc(-c2ccccc2)no1)N(c1cccc(Cl)c1)S(C)(=O)=O. The molecule has 0 radical (unpaired) electrons. The molecule has 1 heterocycles. The number of hydrogen-bond acceptors (Lipinski definition) is 6. The van der Waals surface area contributed by atoms with Gasteiger partial charge >= 0.3 is 0 Å². The van der Waals surface area contributed by atoms with Crippen LogP contribution in [-0.2, 0) is 21.4 Å². The van der Waals surface area contributed by atoms with Crippen LogP contribution in [0.4, 0.5) is 5.69 Å². The van der Waals surface area contributed by atoms with E-state index in [2.05, 4.69) is 15.5 Å². The van der Waals surface area contributed by atoms with Gasteiger partial charge in [0.05, 0.1) is 18.5 Å². The molecule has 3 rings (SSSR count). The van der Waals surface area contributed by atoms with Gasteiger partial charge in [0.1, 0.15) is 6.04 Å². The van der Waals surface area contributed by atoms with E-state index in [9.17, 15) is 13.2 Å². The number of rotatable bonds is 7. The first-order valence-corrected chi connectivity index (χ1v) is 10.9. The van der Waals surface area contributed by atoms with Crippen LogP contribution >= 0.6 is 11.6 Å². The number of carbonyl (C=O) groups is 1. The molecule has 0 bridgehead atoms. The lowest BCUT2D eigenvalue weighted by molar-refractivity contribution is -0.122. The van der Waals surface area contributed by atoms with Crippen LogP contribution in [0.3, 0.4) is 0 Å². The van der Waals surface area contributed by atoms with Gasteiger partial charge in [-0.05, 0) is 25.1 Å². The van der Waals surface area contributed by atoms with Crippen LogP contribution in [0.1, 0.15) is 12.8 Å². The van der Waals surface area contributed by atoms with Gasteiger partial charge in [0.25, 0.3) is 0 Å². The molecule has 0 unspecified atom stereocenters. The third-order valence-corrected chi connectivity index (χ3v) is 5.54. The van der Waals surface area contributed by atoms with E-state index >= 15 is 0 Å². The van der Waals surface area contributed by atoms with Crippen molar-refractivity contribution in [2.75, 3.05) is 10.6 Å². The summed E-state index contributed by atoms with van der Waals surface area (Å²) in [6, 6.07) is 14.5. The smallest absolute Gasteiger partial charge is 0.246 e. The Morgan fingerprint density at radius 3 is 2.59 bits per heavy atom. The number of hydrogen-bond donors (Lipinski definition) is 1. The van der Waals surface area contributed by atoms with E-state index in [4.69, 9.17) is 16.1 Å². The Balaban J connectivity index is 1.71. The van der Waals surface area contributed by atoms with Crippen molar-refractivity contribution in [2.45, 2.75) is 19.5 Å². The Hall–Kier alpha value is -2.91. The van der Waals surface area contributed by atoms with E-state index in [-0.39, 0.29) is 12.4 Å². The highest BCUT2D eigenvalue weighted by atomic mass is 35.5. The van der Waals surface area contributed by atoms with Gasteiger partial charge in [0.15, 0.2) is 0 Å². The first-order valence-electron chi connectivity index (χ1n) is 8.66. The molecule has 29 heavy (non-hydrogen) atoms. The largest absolute Gasteiger partial charge is 0.345 e. The molecular formula is C19H19ClN4O4S. The second-order valence-electron chi connectivity index (χ2n) is 6.31. The van der Waals surface area contributed by atoms with Crippen LogP contribution in [-0.4, -0.2) is 36.8 Å². The number of carbonyl (C=O) groups excluding carboxylic acids is 1. The molecule has 10 heteroatoms. The summed E-state index contributed by atoms with van der Waals surface area (Å²) in [6.07, 6.45) is 1.03. The van der Waals surface area contributed by atoms with Crippen molar-refractivity contribution >= 4 is 33.2 Å². The van der Waals surface area contributed by atoms with Crippen molar-refractivity contribution < 1.29 is 17.7 Å². The number of benzene rings is 2. The van der Waals surface area contributed by atoms with Crippen LogP contribution < -0.4 is 9.62 Å². The van der Waals surface area contributed by atoms with Gasteiger partial charge in [-0.3, -0.25) is 9.10 Å². The van der Waals surface area contributed by atoms with Crippen molar-refractivity contribution in [2.24, 2.45) is 0 Å². The molecule has 0 spiro atoms. The summed E-state index contributed by atoms with van der Waals surface area (Å²) in [7, 11) is -3.73. The molecule has 0 saturated heterocycles. The van der Waals surface area contributed by atoms with Crippen molar-refractivity contribution in [1.29, 1.82) is 0 Å². The third-order valence-electron chi connectivity index (χ3n) is 4.07. The third kappa shape index (κ3) is 5.12. The van der Waals surface area contributed by atoms with Crippen LogP contribution in [0, 0.1) is 0 Å². The van der Waals surface area contributed by atoms with Gasteiger partial charge in [0.2, 0.25) is 27.6 Å². The maximum Gasteiger partial charge on any atom is 0.246 e. The molecule has 0 aliphatic carbocycles. The van der Waals surface area contributed by atoms with Crippen LogP contribution in [0.15, 0.2) is 59.1 Å². The Morgan fingerprint density at radius 2 is 1.93 bits per heavy atom. The van der Waals surface area contributed by atoms with Crippen LogP contribution in [0.2, 0.25) is 5.02 Å². The number of aromatic nitrogens is 2. The zero-order chi connectivity index (χ0) is 21.0. The van der Waals surface area contributed by atoms with E-state index in [1.54, 1.807) is 18.2 Å². The number of nitrogens with one attached hydrogen (secondary N) is 1. The number of nitrogens with zero attached hydrogens (tertiary/aromatic N) is 3. The summed E-state index contributed by atoms with van der Waals surface area (Å²) in [4.78, 5) is 16.8. The molecule has 1 amide bonds. The first kappa shape index (κ1) is 20.8. The summed E-state index contributed by atoms with van der Waals surface area (Å²) in [5, 5.41) is 6.87. The zero-order valence-corrected chi connectivity index (χ0v) is 17.3. The predicted octanol–water partition coefficient (Wildman–Crippen LogP) is 2.86. The average Bonchev–Trinajstić information content (AvgIpc) is 3.15. The number of amides is 1. The second kappa shape index (κ2) is 8.62. The summed E-state index contributed by atoms with van der Waals surface area (Å²) in [6.45, 7) is 1.46. The predicted molar refractivity (Wildman–Crippen MR) is 110 cm³/mol. The Labute approximate surface area is 173 Å². The first-order chi connectivity index (χ1) is 13.8. The lowest BCUT2D eigenvalue weighted by Gasteiger charge is -2.28. The van der Waals surface area contributed by atoms with E-state index in [1.807, 2.05) is 30.3 Å². The number of sulfonamides is 1. The lowest BCUT2D eigenvalue weighted by Crippen LogP contribution is -2.47. The maximum atomic E-state index is 12.6. The molecule has 1 N–H and O–H groups in total. The van der Waals surface area contributed by atoms with Gasteiger partial charge in [-0.15, -0.1) is 0 Å². The molecule has 2 aromatic carbocycles. The highest BCUT2D eigenvalue weighted by molar-refractivity contribution is 7.92. The van der Waals surface area contributed by atoms with Gasteiger partial charge in [0, 0.05) is 10.6 Å². The lowest BCUT2D eigenvalue weighted by atomic mass is 10.2. The molecule has 0 saturated carbocycles. The van der Waals surface area contributed by atoms with E-state index in [1.165, 1.54) is 13.0 Å². The normalized spacial score (nSPS) is 12.4. The molecule has 1 aromatic heterocycles. The van der Waals surface area contributed by atoms with E-state index < -0.39 is 22.0 Å². The highest BCUT2D eigenvalue weighted by Crippen LogP contribution is 2.24. The maximum absolute atomic E-state index is 12.6. The van der Waals surface area contributed by atoms with Gasteiger partial charge in [-0.25, -0.2) is 8.42 Å². The summed E-state index contributed by atoms with van der Waals surface area (Å²) in [5.41, 5.74) is 1.08.